The van der Waals surface area contributed by atoms with Crippen LogP contribution < -0.4 is 10.2 Å². The van der Waals surface area contributed by atoms with Crippen LogP contribution in [0.4, 0.5) is 5.69 Å². The van der Waals surface area contributed by atoms with E-state index in [1.807, 2.05) is 11.8 Å². The summed E-state index contributed by atoms with van der Waals surface area (Å²) in [6.45, 7) is 6.80. The van der Waals surface area contributed by atoms with Gasteiger partial charge in [0.2, 0.25) is 0 Å². The maximum absolute atomic E-state index is 3.61. The Balaban J connectivity index is 1.51. The first-order valence-corrected chi connectivity index (χ1v) is 11.2. The van der Waals surface area contributed by atoms with E-state index in [4.69, 9.17) is 0 Å². The zero-order chi connectivity index (χ0) is 18.3. The maximum atomic E-state index is 3.61. The highest BCUT2D eigenvalue weighted by atomic mass is 32.2. The van der Waals surface area contributed by atoms with Crippen LogP contribution in [0, 0.1) is 0 Å². The van der Waals surface area contributed by atoms with E-state index < -0.39 is 0 Å². The van der Waals surface area contributed by atoms with Crippen LogP contribution in [0.25, 0.3) is 0 Å². The Bertz CT molecular complexity index is 559. The van der Waals surface area contributed by atoms with Gasteiger partial charge >= 0.3 is 0 Å². The first-order chi connectivity index (χ1) is 12.9. The molecular weight excluding hydrogens is 336 g/mol. The molecule has 2 aromatic rings. The molecule has 1 N–H and O–H groups in total. The monoisotopic (exact) mass is 370 g/mol. The number of nitrogens with one attached hydrogen (secondary N) is 1. The molecular formula is C23H34N2S. The number of thioether (sulfide) groups is 1. The number of rotatable bonds is 14. The molecule has 2 aromatic carbocycles. The van der Waals surface area contributed by atoms with Crippen molar-refractivity contribution in [3.63, 3.8) is 0 Å². The molecule has 0 bridgehead atoms. The van der Waals surface area contributed by atoms with Gasteiger partial charge in [-0.1, -0.05) is 61.9 Å². The summed E-state index contributed by atoms with van der Waals surface area (Å²) in [4.78, 5) is 2.53. The number of benzene rings is 2. The summed E-state index contributed by atoms with van der Waals surface area (Å²) in [6, 6.07) is 21.6. The molecule has 0 aliphatic rings. The van der Waals surface area contributed by atoms with Gasteiger partial charge in [0.05, 0.1) is 0 Å². The van der Waals surface area contributed by atoms with Crippen molar-refractivity contribution in [3.8, 4) is 0 Å². The van der Waals surface area contributed by atoms with E-state index in [0.29, 0.717) is 0 Å². The first-order valence-electron chi connectivity index (χ1n) is 10.0. The van der Waals surface area contributed by atoms with E-state index in [-0.39, 0.29) is 0 Å². The molecule has 3 heteroatoms. The third kappa shape index (κ3) is 8.77. The molecule has 0 aliphatic heterocycles. The molecule has 0 spiro atoms. The fourth-order valence-electron chi connectivity index (χ4n) is 2.94. The van der Waals surface area contributed by atoms with Crippen molar-refractivity contribution < 1.29 is 0 Å². The van der Waals surface area contributed by atoms with E-state index in [2.05, 4.69) is 77.8 Å². The van der Waals surface area contributed by atoms with Gasteiger partial charge in [-0.05, 0) is 55.8 Å². The highest BCUT2D eigenvalue weighted by Crippen LogP contribution is 2.14. The van der Waals surface area contributed by atoms with Gasteiger partial charge in [-0.25, -0.2) is 0 Å². The lowest BCUT2D eigenvalue weighted by molar-refractivity contribution is 0.619. The topological polar surface area (TPSA) is 15.3 Å². The molecule has 0 saturated heterocycles. The fraction of sp³-hybridized carbons (Fsp3) is 0.478. The minimum Gasteiger partial charge on any atom is -0.371 e. The smallest absolute Gasteiger partial charge is 0.0366 e. The lowest BCUT2D eigenvalue weighted by Crippen LogP contribution is -2.28. The van der Waals surface area contributed by atoms with E-state index in [9.17, 15) is 0 Å². The molecule has 2 nitrogen and oxygen atoms in total. The average molecular weight is 371 g/mol. The van der Waals surface area contributed by atoms with Crippen LogP contribution in [-0.4, -0.2) is 31.9 Å². The van der Waals surface area contributed by atoms with Gasteiger partial charge in [0.15, 0.2) is 0 Å². The molecule has 0 atom stereocenters. The van der Waals surface area contributed by atoms with Gasteiger partial charge in [-0.15, -0.1) is 0 Å². The number of para-hydroxylation sites is 1. The first kappa shape index (κ1) is 20.9. The Kier molecular flexibility index (Phi) is 11.0. The third-order valence-corrected chi connectivity index (χ3v) is 5.55. The van der Waals surface area contributed by atoms with E-state index in [1.54, 1.807) is 0 Å². The summed E-state index contributed by atoms with van der Waals surface area (Å²) >= 11 is 2.03. The largest absolute Gasteiger partial charge is 0.371 e. The van der Waals surface area contributed by atoms with Gasteiger partial charge < -0.3 is 10.2 Å². The molecule has 26 heavy (non-hydrogen) atoms. The van der Waals surface area contributed by atoms with Crippen LogP contribution in [0.1, 0.15) is 38.2 Å². The normalized spacial score (nSPS) is 10.8. The molecule has 0 heterocycles. The molecule has 2 rings (SSSR count). The molecule has 0 unspecified atom stereocenters. The van der Waals surface area contributed by atoms with Gasteiger partial charge in [0, 0.05) is 24.5 Å². The quantitative estimate of drug-likeness (QED) is 0.436. The predicted octanol–water partition coefficient (Wildman–Crippen LogP) is 5.60. The molecule has 0 fully saturated rings. The second kappa shape index (κ2) is 13.7. The summed E-state index contributed by atoms with van der Waals surface area (Å²) in [5, 5.41) is 3.61. The number of unbranched alkanes of at least 4 members (excludes halogenated alkanes) is 1. The Morgan fingerprint density at radius 2 is 1.46 bits per heavy atom. The van der Waals surface area contributed by atoms with E-state index in [1.165, 1.54) is 42.7 Å². The van der Waals surface area contributed by atoms with Gasteiger partial charge in [-0.2, -0.15) is 11.8 Å². The summed E-state index contributed by atoms with van der Waals surface area (Å²) < 4.78 is 0. The second-order valence-electron chi connectivity index (χ2n) is 6.67. The lowest BCUT2D eigenvalue weighted by atomic mass is 10.2. The van der Waals surface area contributed by atoms with E-state index >= 15 is 0 Å². The predicted molar refractivity (Wildman–Crippen MR) is 118 cm³/mol. The van der Waals surface area contributed by atoms with Gasteiger partial charge in [0.25, 0.3) is 0 Å². The number of hydrogen-bond donors (Lipinski definition) is 1. The molecule has 0 radical (unpaired) electrons. The zero-order valence-electron chi connectivity index (χ0n) is 16.2. The molecule has 142 valence electrons. The van der Waals surface area contributed by atoms with Crippen molar-refractivity contribution in [1.82, 2.24) is 5.32 Å². The highest BCUT2D eigenvalue weighted by Gasteiger charge is 2.04. The van der Waals surface area contributed by atoms with Crippen molar-refractivity contribution in [3.05, 3.63) is 66.2 Å². The van der Waals surface area contributed by atoms with Gasteiger partial charge in [0.1, 0.15) is 0 Å². The maximum Gasteiger partial charge on any atom is 0.0366 e. The minimum atomic E-state index is 1.11. The summed E-state index contributed by atoms with van der Waals surface area (Å²) in [6.07, 6.45) is 4.97. The number of hydrogen-bond acceptors (Lipinski definition) is 3. The van der Waals surface area contributed by atoms with Gasteiger partial charge in [-0.3, -0.25) is 0 Å². The van der Waals surface area contributed by atoms with Crippen molar-refractivity contribution in [2.45, 2.75) is 38.4 Å². The van der Waals surface area contributed by atoms with Crippen LogP contribution >= 0.6 is 11.8 Å². The highest BCUT2D eigenvalue weighted by molar-refractivity contribution is 7.98. The third-order valence-electron chi connectivity index (χ3n) is 4.44. The molecule has 0 aliphatic carbocycles. The number of nitrogens with zero attached hydrogens (tertiary/aromatic N) is 1. The Morgan fingerprint density at radius 1 is 0.808 bits per heavy atom. The Labute approximate surface area is 164 Å². The molecule has 0 amide bonds. The second-order valence-corrected chi connectivity index (χ2v) is 7.78. The van der Waals surface area contributed by atoms with Crippen molar-refractivity contribution in [1.29, 1.82) is 0 Å². The summed E-state index contributed by atoms with van der Waals surface area (Å²) in [5.74, 6) is 2.36. The van der Waals surface area contributed by atoms with Crippen molar-refractivity contribution in [2.75, 3.05) is 36.8 Å². The molecule has 0 aromatic heterocycles. The fourth-order valence-corrected chi connectivity index (χ4v) is 3.86. The SMILES string of the molecule is CCCCN(CCCNCCCSCc1ccccc1)c1ccccc1. The molecule has 0 saturated carbocycles. The lowest BCUT2D eigenvalue weighted by Gasteiger charge is -2.24. The van der Waals surface area contributed by atoms with Crippen LogP contribution in [-0.2, 0) is 5.75 Å². The Hall–Kier alpha value is -1.45. The van der Waals surface area contributed by atoms with Crippen molar-refractivity contribution >= 4 is 17.4 Å². The zero-order valence-corrected chi connectivity index (χ0v) is 17.0. The number of anilines is 1. The standard InChI is InChI=1S/C23H34N2S/c1-2-3-18-25(23-14-8-5-9-15-23)19-10-16-24-17-11-20-26-21-22-12-6-4-7-13-22/h4-9,12-15,24H,2-3,10-11,16-21H2,1H3. The van der Waals surface area contributed by atoms with Crippen LogP contribution in [0.3, 0.4) is 0 Å². The van der Waals surface area contributed by atoms with Crippen LogP contribution in [0.15, 0.2) is 60.7 Å². The van der Waals surface area contributed by atoms with Crippen molar-refractivity contribution in [2.24, 2.45) is 0 Å². The average Bonchev–Trinajstić information content (AvgIpc) is 2.70. The summed E-state index contributed by atoms with van der Waals surface area (Å²) in [5.41, 5.74) is 2.79. The minimum absolute atomic E-state index is 1.11. The Morgan fingerprint density at radius 3 is 2.19 bits per heavy atom. The van der Waals surface area contributed by atoms with E-state index in [0.717, 1.165) is 31.9 Å². The van der Waals surface area contributed by atoms with Crippen LogP contribution in [0.5, 0.6) is 0 Å². The summed E-state index contributed by atoms with van der Waals surface area (Å²) in [7, 11) is 0. The van der Waals surface area contributed by atoms with Crippen LogP contribution in [0.2, 0.25) is 0 Å².